The molecule has 2 aromatic heterocycles. The lowest BCUT2D eigenvalue weighted by atomic mass is 10.1. The molecule has 3 rings (SSSR count). The molecule has 0 aliphatic heterocycles. The van der Waals surface area contributed by atoms with Crippen LogP contribution >= 0.6 is 11.8 Å². The summed E-state index contributed by atoms with van der Waals surface area (Å²) in [6, 6.07) is 6.86. The third-order valence-corrected chi connectivity index (χ3v) is 4.65. The molecule has 0 saturated carbocycles. The number of hydrogen-bond acceptors (Lipinski definition) is 7. The quantitative estimate of drug-likeness (QED) is 0.370. The zero-order valence-corrected chi connectivity index (χ0v) is 15.6. The second-order valence-corrected chi connectivity index (χ2v) is 7.97. The summed E-state index contributed by atoms with van der Waals surface area (Å²) >= 11 is 1.62. The molecular formula is C16H17N3O4S2. The van der Waals surface area contributed by atoms with Gasteiger partial charge in [-0.3, -0.25) is 4.40 Å². The van der Waals surface area contributed by atoms with E-state index in [1.807, 2.05) is 16.7 Å². The molecule has 7 nitrogen and oxygen atoms in total. The fourth-order valence-electron chi connectivity index (χ4n) is 2.33. The van der Waals surface area contributed by atoms with Crippen molar-refractivity contribution in [3.8, 4) is 22.8 Å². The number of nitrogens with zero attached hydrogens (tertiary/aromatic N) is 3. The van der Waals surface area contributed by atoms with Gasteiger partial charge < -0.3 is 8.92 Å². The number of ether oxygens (including phenoxy) is 1. The molecule has 25 heavy (non-hydrogen) atoms. The van der Waals surface area contributed by atoms with Gasteiger partial charge in [0, 0.05) is 24.0 Å². The lowest BCUT2D eigenvalue weighted by Gasteiger charge is -2.11. The maximum absolute atomic E-state index is 11.4. The molecule has 2 heterocycles. The monoisotopic (exact) mass is 379 g/mol. The van der Waals surface area contributed by atoms with Crippen LogP contribution in [0.15, 0.2) is 41.8 Å². The molecule has 0 unspecified atom stereocenters. The Morgan fingerprint density at radius 2 is 2.04 bits per heavy atom. The zero-order chi connectivity index (χ0) is 18.0. The molecule has 0 spiro atoms. The van der Waals surface area contributed by atoms with Crippen molar-refractivity contribution in [1.82, 2.24) is 14.4 Å². The van der Waals surface area contributed by atoms with Gasteiger partial charge in [-0.05, 0) is 24.0 Å². The van der Waals surface area contributed by atoms with Crippen LogP contribution in [0.1, 0.15) is 6.92 Å². The van der Waals surface area contributed by atoms with E-state index in [9.17, 15) is 8.42 Å². The number of fused-ring (bicyclic) bond motifs is 1. The first-order valence-electron chi connectivity index (χ1n) is 7.46. The fourth-order valence-corrected chi connectivity index (χ4v) is 3.51. The van der Waals surface area contributed by atoms with Crippen molar-refractivity contribution >= 4 is 27.5 Å². The molecule has 0 saturated heterocycles. The smallest absolute Gasteiger partial charge is 0.306 e. The highest BCUT2D eigenvalue weighted by molar-refractivity contribution is 7.99. The van der Waals surface area contributed by atoms with Gasteiger partial charge in [-0.15, -0.1) is 0 Å². The van der Waals surface area contributed by atoms with Crippen molar-refractivity contribution < 1.29 is 17.3 Å². The minimum Gasteiger partial charge on any atom is -0.493 e. The van der Waals surface area contributed by atoms with E-state index in [4.69, 9.17) is 8.92 Å². The first-order chi connectivity index (χ1) is 11.9. The maximum atomic E-state index is 11.4. The third-order valence-electron chi connectivity index (χ3n) is 3.33. The Hall–Kier alpha value is -2.26. The Morgan fingerprint density at radius 1 is 1.24 bits per heavy atom. The molecule has 3 aromatic rings. The fraction of sp³-hybridized carbons (Fsp3) is 0.250. The lowest BCUT2D eigenvalue weighted by Crippen LogP contribution is -2.07. The average molecular weight is 379 g/mol. The van der Waals surface area contributed by atoms with E-state index in [2.05, 4.69) is 16.9 Å². The van der Waals surface area contributed by atoms with Crippen LogP contribution in [-0.4, -0.2) is 41.9 Å². The topological polar surface area (TPSA) is 82.8 Å². The van der Waals surface area contributed by atoms with Gasteiger partial charge in [-0.2, -0.15) is 8.42 Å². The predicted octanol–water partition coefficient (Wildman–Crippen LogP) is 2.86. The number of methoxy groups -OCH3 is 1. The van der Waals surface area contributed by atoms with E-state index in [0.717, 1.165) is 34.1 Å². The molecule has 0 bridgehead atoms. The average Bonchev–Trinajstić information content (AvgIpc) is 3.03. The van der Waals surface area contributed by atoms with Crippen molar-refractivity contribution in [2.75, 3.05) is 19.1 Å². The standard InChI is InChI=1S/C16H17N3O4S2/c1-4-24-16-18-12(10-15-17-7-8-19(15)16)11-5-6-13(14(9-11)22-2)23-25(3,20)21/h5-10H,4H2,1-3H3. The molecule has 0 fully saturated rings. The first-order valence-corrected chi connectivity index (χ1v) is 10.3. The van der Waals surface area contributed by atoms with E-state index in [1.54, 1.807) is 36.2 Å². The van der Waals surface area contributed by atoms with Gasteiger partial charge in [-0.1, -0.05) is 18.7 Å². The Bertz CT molecular complexity index is 1020. The summed E-state index contributed by atoms with van der Waals surface area (Å²) in [4.78, 5) is 9.01. The highest BCUT2D eigenvalue weighted by atomic mass is 32.2. The van der Waals surface area contributed by atoms with Gasteiger partial charge >= 0.3 is 10.1 Å². The molecule has 9 heteroatoms. The van der Waals surface area contributed by atoms with E-state index in [1.165, 1.54) is 7.11 Å². The van der Waals surface area contributed by atoms with E-state index in [0.29, 0.717) is 5.75 Å². The zero-order valence-electron chi connectivity index (χ0n) is 14.0. The van der Waals surface area contributed by atoms with E-state index >= 15 is 0 Å². The molecule has 0 atom stereocenters. The van der Waals surface area contributed by atoms with Crippen molar-refractivity contribution in [2.24, 2.45) is 0 Å². The Morgan fingerprint density at radius 3 is 2.72 bits per heavy atom. The van der Waals surface area contributed by atoms with Crippen LogP contribution in [0.25, 0.3) is 16.9 Å². The molecule has 132 valence electrons. The van der Waals surface area contributed by atoms with Gasteiger partial charge in [0.2, 0.25) is 0 Å². The van der Waals surface area contributed by atoms with Crippen molar-refractivity contribution in [3.63, 3.8) is 0 Å². The Balaban J connectivity index is 2.08. The lowest BCUT2D eigenvalue weighted by molar-refractivity contribution is 0.391. The number of hydrogen-bond donors (Lipinski definition) is 0. The summed E-state index contributed by atoms with van der Waals surface area (Å²) in [5.41, 5.74) is 2.29. The number of rotatable bonds is 6. The third kappa shape index (κ3) is 3.88. The predicted molar refractivity (Wildman–Crippen MR) is 96.8 cm³/mol. The number of imidazole rings is 1. The normalized spacial score (nSPS) is 11.6. The van der Waals surface area contributed by atoms with Gasteiger partial charge in [0.25, 0.3) is 0 Å². The summed E-state index contributed by atoms with van der Waals surface area (Å²) in [5.74, 6) is 1.34. The van der Waals surface area contributed by atoms with E-state index in [-0.39, 0.29) is 5.75 Å². The largest absolute Gasteiger partial charge is 0.493 e. The second kappa shape index (κ2) is 6.93. The van der Waals surface area contributed by atoms with Crippen LogP contribution in [0.4, 0.5) is 0 Å². The number of aromatic nitrogens is 3. The highest BCUT2D eigenvalue weighted by Crippen LogP contribution is 2.33. The van der Waals surface area contributed by atoms with Gasteiger partial charge in [0.1, 0.15) is 5.65 Å². The van der Waals surface area contributed by atoms with Gasteiger partial charge in [-0.25, -0.2) is 9.97 Å². The molecule has 0 radical (unpaired) electrons. The number of thioether (sulfide) groups is 1. The summed E-state index contributed by atoms with van der Waals surface area (Å²) in [6.45, 7) is 2.06. The van der Waals surface area contributed by atoms with Gasteiger partial charge in [0.15, 0.2) is 16.7 Å². The molecular weight excluding hydrogens is 362 g/mol. The Labute approximate surface area is 150 Å². The van der Waals surface area contributed by atoms with Gasteiger partial charge in [0.05, 0.1) is 19.1 Å². The molecule has 0 N–H and O–H groups in total. The number of benzene rings is 1. The van der Waals surface area contributed by atoms with Crippen LogP contribution in [0.5, 0.6) is 11.5 Å². The maximum Gasteiger partial charge on any atom is 0.306 e. The Kier molecular flexibility index (Phi) is 4.87. The highest BCUT2D eigenvalue weighted by Gasteiger charge is 2.14. The molecule has 0 aliphatic rings. The summed E-state index contributed by atoms with van der Waals surface area (Å²) < 4.78 is 34.8. The summed E-state index contributed by atoms with van der Waals surface area (Å²) in [7, 11) is -2.18. The van der Waals surface area contributed by atoms with Crippen LogP contribution in [0.3, 0.4) is 0 Å². The second-order valence-electron chi connectivity index (χ2n) is 5.17. The van der Waals surface area contributed by atoms with Crippen molar-refractivity contribution in [3.05, 3.63) is 36.7 Å². The SMILES string of the molecule is CCSc1nc(-c2ccc(OS(C)(=O)=O)c(OC)c2)cc2nccn12. The molecule has 0 amide bonds. The first kappa shape index (κ1) is 17.6. The summed E-state index contributed by atoms with van der Waals surface area (Å²) in [5, 5.41) is 0.836. The van der Waals surface area contributed by atoms with Crippen LogP contribution in [-0.2, 0) is 10.1 Å². The minimum atomic E-state index is -3.63. The molecule has 0 aliphatic carbocycles. The van der Waals surface area contributed by atoms with Crippen LogP contribution in [0.2, 0.25) is 0 Å². The van der Waals surface area contributed by atoms with Crippen molar-refractivity contribution in [1.29, 1.82) is 0 Å². The van der Waals surface area contributed by atoms with Crippen LogP contribution < -0.4 is 8.92 Å². The van der Waals surface area contributed by atoms with Crippen LogP contribution in [0, 0.1) is 0 Å². The molecule has 1 aromatic carbocycles. The van der Waals surface area contributed by atoms with E-state index < -0.39 is 10.1 Å². The van der Waals surface area contributed by atoms with Crippen molar-refractivity contribution in [2.45, 2.75) is 12.1 Å². The minimum absolute atomic E-state index is 0.138. The summed E-state index contributed by atoms with van der Waals surface area (Å²) in [6.07, 6.45) is 4.58.